The van der Waals surface area contributed by atoms with Gasteiger partial charge >= 0.3 is 47.8 Å². The second-order valence-corrected chi connectivity index (χ2v) is 16.1. The van der Waals surface area contributed by atoms with Gasteiger partial charge in [-0.2, -0.15) is 0 Å². The molecule has 1 aromatic rings. The van der Waals surface area contributed by atoms with E-state index < -0.39 is 128 Å². The average molecular weight is 1020 g/mol. The minimum absolute atomic E-state index is 0. The first-order valence-electron chi connectivity index (χ1n) is 20.7. The fourth-order valence-corrected chi connectivity index (χ4v) is 6.78. The number of amides is 1. The lowest BCUT2D eigenvalue weighted by Crippen LogP contribution is -2.65. The van der Waals surface area contributed by atoms with Gasteiger partial charge in [0.1, 0.15) is 25.4 Å². The van der Waals surface area contributed by atoms with Crippen molar-refractivity contribution in [3.8, 4) is 35.4 Å². The van der Waals surface area contributed by atoms with Gasteiger partial charge in [-0.3, -0.25) is 43.2 Å². The molecule has 1 heterocycles. The minimum atomic E-state index is -2.19. The molecular formula is C47H74N2O20S. The van der Waals surface area contributed by atoms with Crippen molar-refractivity contribution in [3.63, 3.8) is 0 Å². The van der Waals surface area contributed by atoms with E-state index >= 15 is 0 Å². The van der Waals surface area contributed by atoms with Crippen LogP contribution in [-0.4, -0.2) is 144 Å². The van der Waals surface area contributed by atoms with E-state index in [2.05, 4.69) is 34.3 Å². The number of rotatable bonds is 22. The van der Waals surface area contributed by atoms with E-state index in [0.717, 1.165) is 60.1 Å². The quantitative estimate of drug-likeness (QED) is 0.0329. The van der Waals surface area contributed by atoms with Crippen molar-refractivity contribution in [2.75, 3.05) is 19.0 Å². The number of benzene rings is 1. The number of nitrogens with one attached hydrogen (secondary N) is 1. The Bertz CT molecular complexity index is 2290. The summed E-state index contributed by atoms with van der Waals surface area (Å²) in [5, 5.41) is 18.4. The molecule has 0 saturated carbocycles. The third kappa shape index (κ3) is 21.4. The SMILES string of the molecule is C.C#CC#CC#CSCC(C)(C)/[N+]([O-])=C/c1ccc(CNC(=O)C(OC(C)=O)[C@H](OC(C)=O)[C@H](O[C@@H]2OC(COC(C)=O)[C@H](OC(C)=O)[C@H](OC(C)=O)C2OC(C)=O)C(COC(C)=O)OC(C)=O)cc1.[HH].[HH].[HH].[HH].[HH].[HH].[HH].[HH]. The highest BCUT2D eigenvalue weighted by Crippen LogP contribution is 2.33. The van der Waals surface area contributed by atoms with Crippen LogP contribution >= 0.6 is 11.8 Å². The van der Waals surface area contributed by atoms with E-state index in [-0.39, 0.29) is 25.4 Å². The van der Waals surface area contributed by atoms with Crippen LogP contribution in [0.2, 0.25) is 0 Å². The molecule has 0 bridgehead atoms. The summed E-state index contributed by atoms with van der Waals surface area (Å²) in [7, 11) is 0. The fraction of sp³-hybridized carbons (Fsp3) is 0.532. The standard InChI is InChI=1S/C46H54N2O20S.CH4.8H2/c1-12-13-14-15-20-69-25-46(10,11)48(58)22-35-18-16-34(17-19-35)21-47-44(57)42(65-32(8)55)40(63-30(6)53)39(36(61-28(4)51)23-59-26(2)49)68-45-43(66-33(9)56)41(64-31(7)54)38(62-29(5)52)37(67-45)24-60-27(3)50;;;;;;;;;/h1,16-19,22,36-43,45H,21,23-25H2,2-11H3,(H,47,57);1H4;8*1H/b48-22-;;;;;;;;;/t36?,37?,38-,39+,40+,41-,42?,43?,45-;;;;;;;;;/m0........./s1. The molecule has 398 valence electrons. The third-order valence-electron chi connectivity index (χ3n) is 8.90. The Morgan fingerprint density at radius 2 is 1.31 bits per heavy atom. The smallest absolute Gasteiger partial charge is 0.303 e. The minimum Gasteiger partial charge on any atom is -0.623 e. The number of nitrogens with zero attached hydrogens (tertiary/aromatic N) is 1. The second-order valence-electron chi connectivity index (χ2n) is 15.4. The Kier molecular flexibility index (Phi) is 25.8. The van der Waals surface area contributed by atoms with Crippen LogP contribution in [-0.2, 0) is 97.1 Å². The molecule has 9 atom stereocenters. The maximum absolute atomic E-state index is 14.2. The first-order chi connectivity index (χ1) is 32.3. The molecule has 0 radical (unpaired) electrons. The van der Waals surface area contributed by atoms with Gasteiger partial charge in [0.05, 0.1) is 5.75 Å². The topological polar surface area (TPSA) is 284 Å². The zero-order chi connectivity index (χ0) is 52.0. The van der Waals surface area contributed by atoms with Gasteiger partial charge in [-0.05, 0) is 46.6 Å². The molecule has 23 heteroatoms. The van der Waals surface area contributed by atoms with Crippen molar-refractivity contribution in [1.29, 1.82) is 0 Å². The van der Waals surface area contributed by atoms with Gasteiger partial charge in [-0.25, -0.2) is 4.74 Å². The van der Waals surface area contributed by atoms with Crippen molar-refractivity contribution in [2.24, 2.45) is 0 Å². The van der Waals surface area contributed by atoms with Gasteiger partial charge in [-0.1, -0.05) is 31.3 Å². The van der Waals surface area contributed by atoms with Crippen molar-refractivity contribution in [1.82, 2.24) is 5.32 Å². The summed E-state index contributed by atoms with van der Waals surface area (Å²) in [6.45, 7) is 9.29. The molecule has 1 aliphatic heterocycles. The Labute approximate surface area is 421 Å². The number of hydroxylamine groups is 1. The third-order valence-corrected chi connectivity index (χ3v) is 10.0. The first-order valence-corrected chi connectivity index (χ1v) is 21.7. The maximum atomic E-state index is 14.2. The molecule has 1 fully saturated rings. The van der Waals surface area contributed by atoms with Gasteiger partial charge in [0.15, 0.2) is 48.6 Å². The second kappa shape index (κ2) is 29.7. The molecular weight excluding hydrogens is 945 g/mol. The number of carbonyl (C=O) groups excluding carboxylic acids is 9. The molecule has 0 spiro atoms. The predicted octanol–water partition coefficient (Wildman–Crippen LogP) is 3.77. The number of thioether (sulfide) groups is 1. The number of hydrogen-bond donors (Lipinski definition) is 1. The molecule has 22 nitrogen and oxygen atoms in total. The number of hydrogen-bond acceptors (Lipinski definition) is 21. The molecule has 0 aliphatic carbocycles. The van der Waals surface area contributed by atoms with Gasteiger partial charge in [0, 0.05) is 92.8 Å². The van der Waals surface area contributed by atoms with Crippen LogP contribution in [0.25, 0.3) is 0 Å². The van der Waals surface area contributed by atoms with E-state index in [1.165, 1.54) is 18.0 Å². The average Bonchev–Trinajstić information content (AvgIpc) is 3.24. The van der Waals surface area contributed by atoms with Crippen molar-refractivity contribution >= 4 is 71.6 Å². The van der Waals surface area contributed by atoms with E-state index in [1.54, 1.807) is 38.1 Å². The van der Waals surface area contributed by atoms with Crippen LogP contribution in [0.3, 0.4) is 0 Å². The lowest BCUT2D eigenvalue weighted by Gasteiger charge is -2.46. The summed E-state index contributed by atoms with van der Waals surface area (Å²) >= 11 is 1.19. The van der Waals surface area contributed by atoms with Gasteiger partial charge in [-0.15, -0.1) is 6.42 Å². The zero-order valence-corrected chi connectivity index (χ0v) is 40.3. The van der Waals surface area contributed by atoms with Crippen LogP contribution in [0, 0.1) is 40.6 Å². The molecule has 70 heavy (non-hydrogen) atoms. The summed E-state index contributed by atoms with van der Waals surface area (Å²) in [6.07, 6.45) is -11.0. The van der Waals surface area contributed by atoms with E-state index in [1.807, 2.05) is 0 Å². The van der Waals surface area contributed by atoms with Crippen LogP contribution in [0.5, 0.6) is 0 Å². The summed E-state index contributed by atoms with van der Waals surface area (Å²) < 4.78 is 56.3. The lowest BCUT2D eigenvalue weighted by atomic mass is 9.97. The number of esters is 8. The molecule has 1 amide bonds. The molecule has 2 rings (SSSR count). The fourth-order valence-electron chi connectivity index (χ4n) is 6.11. The summed E-state index contributed by atoms with van der Waals surface area (Å²) in [4.78, 5) is 114. The predicted molar refractivity (Wildman–Crippen MR) is 262 cm³/mol. The van der Waals surface area contributed by atoms with Crippen LogP contribution in [0.4, 0.5) is 0 Å². The van der Waals surface area contributed by atoms with Crippen molar-refractivity contribution < 1.29 is 107 Å². The van der Waals surface area contributed by atoms with E-state index in [0.29, 0.717) is 16.9 Å². The molecule has 1 aliphatic rings. The first kappa shape index (κ1) is 60.9. The normalized spacial score (nSPS) is 18.9. The van der Waals surface area contributed by atoms with Crippen molar-refractivity contribution in [3.05, 3.63) is 40.6 Å². The summed E-state index contributed by atoms with van der Waals surface area (Å²) in [5.41, 5.74) is 0.0548. The van der Waals surface area contributed by atoms with E-state index in [9.17, 15) is 48.4 Å². The lowest BCUT2D eigenvalue weighted by molar-refractivity contribution is -0.528. The van der Waals surface area contributed by atoms with Crippen LogP contribution < -0.4 is 5.32 Å². The maximum Gasteiger partial charge on any atom is 0.303 e. The summed E-state index contributed by atoms with van der Waals surface area (Å²) in [6, 6.07) is 6.33. The highest BCUT2D eigenvalue weighted by molar-refractivity contribution is 8.03. The van der Waals surface area contributed by atoms with Gasteiger partial charge in [0.25, 0.3) is 5.91 Å². The van der Waals surface area contributed by atoms with Crippen molar-refractivity contribution in [2.45, 2.75) is 144 Å². The highest BCUT2D eigenvalue weighted by Gasteiger charge is 2.56. The van der Waals surface area contributed by atoms with Crippen LogP contribution in [0.15, 0.2) is 24.3 Å². The largest absolute Gasteiger partial charge is 0.623 e. The molecule has 1 N–H and O–H groups in total. The number of ether oxygens (including phenoxy) is 10. The monoisotopic (exact) mass is 1020 g/mol. The summed E-state index contributed by atoms with van der Waals surface area (Å²) in [5.74, 6) is 0.743. The molecule has 1 aromatic carbocycles. The Morgan fingerprint density at radius 3 is 1.84 bits per heavy atom. The van der Waals surface area contributed by atoms with Crippen LogP contribution in [0.1, 0.15) is 99.2 Å². The molecule has 0 aromatic heterocycles. The van der Waals surface area contributed by atoms with Gasteiger partial charge < -0.3 is 57.9 Å². The highest BCUT2D eigenvalue weighted by atomic mass is 32.2. The Morgan fingerprint density at radius 1 is 0.757 bits per heavy atom. The molecule has 4 unspecified atom stereocenters. The van der Waals surface area contributed by atoms with E-state index in [4.69, 9.17) is 53.8 Å². The molecule has 1 saturated heterocycles. The number of carbonyl (C=O) groups is 9. The van der Waals surface area contributed by atoms with Gasteiger partial charge in [0.2, 0.25) is 6.10 Å². The Balaban J connectivity index is -0.000000907. The Hall–Kier alpha value is -7.13. The number of terminal acetylenes is 1. The zero-order valence-electron chi connectivity index (χ0n) is 39.5.